The van der Waals surface area contributed by atoms with E-state index < -0.39 is 0 Å². The number of allylic oxidation sites excluding steroid dienone is 9. The molecule has 8 rings (SSSR count). The normalized spacial score (nSPS) is 16.5. The second-order valence-corrected chi connectivity index (χ2v) is 10.9. The molecule has 0 saturated carbocycles. The van der Waals surface area contributed by atoms with Crippen LogP contribution in [0.5, 0.6) is 0 Å². The van der Waals surface area contributed by atoms with Gasteiger partial charge in [0.05, 0.1) is 0 Å². The van der Waals surface area contributed by atoms with E-state index in [9.17, 15) is 19.2 Å². The van der Waals surface area contributed by atoms with Crippen LogP contribution in [0.4, 0.5) is 0 Å². The number of fused-ring (bicyclic) bond motifs is 6. The first-order valence-electron chi connectivity index (χ1n) is 14.0. The Labute approximate surface area is 247 Å². The minimum atomic E-state index is -0.311. The van der Waals surface area contributed by atoms with Crippen molar-refractivity contribution in [3.8, 4) is 0 Å². The predicted molar refractivity (Wildman–Crippen MR) is 162 cm³/mol. The zero-order chi connectivity index (χ0) is 29.2. The highest BCUT2D eigenvalue weighted by Crippen LogP contribution is 2.63. The average Bonchev–Trinajstić information content (AvgIpc) is 3.05. The quantitative estimate of drug-likeness (QED) is 0.201. The summed E-state index contributed by atoms with van der Waals surface area (Å²) in [5.41, 5.74) is 9.78. The third kappa shape index (κ3) is 3.51. The third-order valence-electron chi connectivity index (χ3n) is 8.64. The number of carbonyl (C=O) groups is 3. The molecule has 0 amide bonds. The number of hydrogen-bond acceptors (Lipinski definition) is 4. The summed E-state index contributed by atoms with van der Waals surface area (Å²) in [4.78, 5) is 54.1. The lowest BCUT2D eigenvalue weighted by atomic mass is 9.57. The van der Waals surface area contributed by atoms with Crippen molar-refractivity contribution in [2.75, 3.05) is 0 Å². The van der Waals surface area contributed by atoms with E-state index in [0.29, 0.717) is 56.5 Å². The van der Waals surface area contributed by atoms with Gasteiger partial charge in [-0.05, 0) is 56.7 Å². The van der Waals surface area contributed by atoms with Crippen LogP contribution in [-0.4, -0.2) is 23.3 Å². The standard InChI is InChI=1S/C39H20O4/c40-21-24-19-29-35-33(27-17-9-10-18-28(27)38(42)22-11-3-1-4-12-22)30(39(43)23-13-5-2-6-14-23)20-31(41)37(35)36(29)34-26-16-8-7-15-25(26)32(24)34/h1-11,13,15-18H,19-20H2. The van der Waals surface area contributed by atoms with Gasteiger partial charge in [0.2, 0.25) is 0 Å². The topological polar surface area (TPSA) is 68.3 Å². The summed E-state index contributed by atoms with van der Waals surface area (Å²) in [6.07, 6.45) is 0.191. The van der Waals surface area contributed by atoms with Crippen LogP contribution in [0.3, 0.4) is 0 Å². The van der Waals surface area contributed by atoms with Gasteiger partial charge >= 0.3 is 0 Å². The van der Waals surface area contributed by atoms with E-state index in [2.05, 4.69) is 18.1 Å². The molecule has 4 nitrogen and oxygen atoms in total. The lowest BCUT2D eigenvalue weighted by Gasteiger charge is -2.44. The van der Waals surface area contributed by atoms with Gasteiger partial charge in [-0.15, -0.1) is 0 Å². The Morgan fingerprint density at radius 1 is 0.581 bits per heavy atom. The van der Waals surface area contributed by atoms with Gasteiger partial charge in [-0.2, -0.15) is 0 Å². The fourth-order valence-electron chi connectivity index (χ4n) is 6.80. The smallest absolute Gasteiger partial charge is 0.194 e. The van der Waals surface area contributed by atoms with E-state index in [1.54, 1.807) is 60.7 Å². The van der Waals surface area contributed by atoms with Crippen molar-refractivity contribution >= 4 is 40.0 Å². The molecule has 43 heavy (non-hydrogen) atoms. The first kappa shape index (κ1) is 25.0. The van der Waals surface area contributed by atoms with Crippen LogP contribution in [0.15, 0.2) is 131 Å². The van der Waals surface area contributed by atoms with Crippen LogP contribution in [0.1, 0.15) is 55.8 Å². The second-order valence-electron chi connectivity index (χ2n) is 10.9. The van der Waals surface area contributed by atoms with Crippen molar-refractivity contribution < 1.29 is 19.2 Å². The SMILES string of the molecule is O=C=C1CC2=C(C3=C2C(c2ccccc2C(=O)c2[c]cccc2)=C(C(=O)c2[c]cccc2)CC3=O)C2=C1c1ccccc12. The monoisotopic (exact) mass is 552 g/mol. The molecule has 0 bridgehead atoms. The summed E-state index contributed by atoms with van der Waals surface area (Å²) < 4.78 is 0. The zero-order valence-corrected chi connectivity index (χ0v) is 22.8. The van der Waals surface area contributed by atoms with Gasteiger partial charge in [-0.3, -0.25) is 14.4 Å². The molecule has 4 aliphatic rings. The maximum atomic E-state index is 14.1. The van der Waals surface area contributed by atoms with Gasteiger partial charge < -0.3 is 0 Å². The Balaban J connectivity index is 1.37. The van der Waals surface area contributed by atoms with Gasteiger partial charge in [0, 0.05) is 51.8 Å². The number of ketones is 3. The first-order valence-corrected chi connectivity index (χ1v) is 14.0. The van der Waals surface area contributed by atoms with Gasteiger partial charge in [0.15, 0.2) is 17.3 Å². The molecule has 0 aromatic heterocycles. The molecule has 200 valence electrons. The summed E-state index contributed by atoms with van der Waals surface area (Å²) in [5, 5.41) is 0. The Hall–Kier alpha value is -5.70. The van der Waals surface area contributed by atoms with E-state index in [1.807, 2.05) is 36.4 Å². The number of carbonyl (C=O) groups excluding carboxylic acids is 4. The van der Waals surface area contributed by atoms with E-state index >= 15 is 0 Å². The molecule has 4 aromatic rings. The van der Waals surface area contributed by atoms with Crippen LogP contribution in [0.2, 0.25) is 0 Å². The number of benzene rings is 4. The molecule has 0 N–H and O–H groups in total. The van der Waals surface area contributed by atoms with Crippen molar-refractivity contribution in [1.29, 1.82) is 0 Å². The fraction of sp³-hybridized carbons (Fsp3) is 0.0513. The summed E-state index contributed by atoms with van der Waals surface area (Å²) in [6, 6.07) is 34.9. The van der Waals surface area contributed by atoms with Crippen LogP contribution >= 0.6 is 0 Å². The zero-order valence-electron chi connectivity index (χ0n) is 22.8. The highest BCUT2D eigenvalue weighted by atomic mass is 16.1. The Kier molecular flexibility index (Phi) is 5.49. The van der Waals surface area contributed by atoms with Crippen molar-refractivity contribution in [2.24, 2.45) is 0 Å². The molecular weight excluding hydrogens is 532 g/mol. The fourth-order valence-corrected chi connectivity index (χ4v) is 6.80. The van der Waals surface area contributed by atoms with Crippen LogP contribution < -0.4 is 0 Å². The van der Waals surface area contributed by atoms with E-state index in [0.717, 1.165) is 33.4 Å². The summed E-state index contributed by atoms with van der Waals surface area (Å²) in [6.45, 7) is 0. The molecule has 0 heterocycles. The number of Topliss-reactive ketones (excluding diaryl/α,β-unsaturated/α-hetero) is 2. The summed E-state index contributed by atoms with van der Waals surface area (Å²) in [7, 11) is 0. The highest BCUT2D eigenvalue weighted by molar-refractivity contribution is 6.32. The molecule has 0 spiro atoms. The molecule has 0 aliphatic heterocycles. The highest BCUT2D eigenvalue weighted by Gasteiger charge is 2.49. The summed E-state index contributed by atoms with van der Waals surface area (Å²) >= 11 is 0. The first-order chi connectivity index (χ1) is 21.1. The minimum Gasteiger partial charge on any atom is -0.294 e. The van der Waals surface area contributed by atoms with Crippen LogP contribution in [0.25, 0.3) is 16.7 Å². The van der Waals surface area contributed by atoms with Gasteiger partial charge in [0.1, 0.15) is 5.94 Å². The van der Waals surface area contributed by atoms with Crippen molar-refractivity contribution in [1.82, 2.24) is 0 Å². The van der Waals surface area contributed by atoms with Gasteiger partial charge in [-0.25, -0.2) is 4.79 Å². The largest absolute Gasteiger partial charge is 0.294 e. The van der Waals surface area contributed by atoms with Crippen LogP contribution in [-0.2, 0) is 9.59 Å². The van der Waals surface area contributed by atoms with Crippen molar-refractivity contribution in [2.45, 2.75) is 12.8 Å². The minimum absolute atomic E-state index is 0.104. The molecular formula is C39H20O4. The molecule has 2 radical (unpaired) electrons. The number of hydrogen-bond donors (Lipinski definition) is 0. The Morgan fingerprint density at radius 3 is 1.84 bits per heavy atom. The van der Waals surface area contributed by atoms with Crippen LogP contribution in [0, 0.1) is 12.1 Å². The molecule has 4 heteroatoms. The van der Waals surface area contributed by atoms with Crippen molar-refractivity contribution in [3.63, 3.8) is 0 Å². The molecule has 0 fully saturated rings. The average molecular weight is 553 g/mol. The van der Waals surface area contributed by atoms with E-state index in [-0.39, 0.29) is 23.8 Å². The van der Waals surface area contributed by atoms with Gasteiger partial charge in [-0.1, -0.05) is 97.1 Å². The van der Waals surface area contributed by atoms with Crippen molar-refractivity contribution in [3.05, 3.63) is 176 Å². The number of rotatable bonds is 5. The second kappa shape index (κ2) is 9.42. The molecule has 0 saturated heterocycles. The van der Waals surface area contributed by atoms with E-state index in [4.69, 9.17) is 0 Å². The van der Waals surface area contributed by atoms with Gasteiger partial charge in [0.25, 0.3) is 0 Å². The molecule has 0 unspecified atom stereocenters. The molecule has 4 aromatic carbocycles. The third-order valence-corrected chi connectivity index (χ3v) is 8.64. The molecule has 0 atom stereocenters. The lowest BCUT2D eigenvalue weighted by molar-refractivity contribution is -0.114. The summed E-state index contributed by atoms with van der Waals surface area (Å²) in [5.74, 6) is 1.46. The Bertz CT molecular complexity index is 2150. The maximum absolute atomic E-state index is 14.1. The lowest BCUT2D eigenvalue weighted by Crippen LogP contribution is -2.32. The maximum Gasteiger partial charge on any atom is 0.194 e. The Morgan fingerprint density at radius 2 is 1.19 bits per heavy atom. The van der Waals surface area contributed by atoms with E-state index in [1.165, 1.54) is 0 Å². The predicted octanol–water partition coefficient (Wildman–Crippen LogP) is 6.82. The molecule has 4 aliphatic carbocycles.